The highest BCUT2D eigenvalue weighted by molar-refractivity contribution is 7.89. The lowest BCUT2D eigenvalue weighted by molar-refractivity contribution is -0.138. The number of fused-ring (bicyclic) bond motifs is 1. The van der Waals surface area contributed by atoms with Gasteiger partial charge in [-0.1, -0.05) is 23.7 Å². The zero-order valence-electron chi connectivity index (χ0n) is 15.7. The van der Waals surface area contributed by atoms with Gasteiger partial charge in [0, 0.05) is 30.7 Å². The topological polar surface area (TPSA) is 90.2 Å². The molecule has 0 amide bonds. The van der Waals surface area contributed by atoms with Crippen molar-refractivity contribution in [3.63, 3.8) is 0 Å². The van der Waals surface area contributed by atoms with Gasteiger partial charge in [-0.25, -0.2) is 18.2 Å². The zero-order valence-corrected chi connectivity index (χ0v) is 18.1. The predicted octanol–water partition coefficient (Wildman–Crippen LogP) is 2.83. The number of morpholine rings is 1. The van der Waals surface area contributed by atoms with E-state index in [0.29, 0.717) is 42.7 Å². The number of halogens is 1. The molecule has 0 radical (unpaired) electrons. The molecule has 4 rings (SSSR count). The van der Waals surface area contributed by atoms with E-state index in [0.717, 1.165) is 4.96 Å². The highest BCUT2D eigenvalue weighted by atomic mass is 35.5. The number of rotatable bonds is 6. The van der Waals surface area contributed by atoms with Crippen LogP contribution < -0.4 is 0 Å². The first-order valence-electron chi connectivity index (χ1n) is 9.08. The van der Waals surface area contributed by atoms with Gasteiger partial charge in [0.05, 0.1) is 23.8 Å². The highest BCUT2D eigenvalue weighted by Gasteiger charge is 2.26. The van der Waals surface area contributed by atoms with Crippen LogP contribution in [0.1, 0.15) is 11.3 Å². The fraction of sp³-hybridized carbons (Fsp3) is 0.263. The molecule has 0 saturated carbocycles. The number of hydrogen-bond donors (Lipinski definition) is 0. The Balaban J connectivity index is 1.41. The Morgan fingerprint density at radius 1 is 1.33 bits per heavy atom. The second kappa shape index (κ2) is 8.86. The molecule has 2 aromatic heterocycles. The number of carbonyl (C=O) groups excluding carboxylic acids is 1. The zero-order chi connectivity index (χ0) is 21.1. The van der Waals surface area contributed by atoms with Crippen LogP contribution in [-0.4, -0.2) is 54.4 Å². The number of imidazole rings is 1. The van der Waals surface area contributed by atoms with Crippen LogP contribution >= 0.6 is 22.9 Å². The van der Waals surface area contributed by atoms with Crippen LogP contribution in [0.3, 0.4) is 0 Å². The molecule has 1 aliphatic rings. The number of benzene rings is 1. The molecule has 3 heterocycles. The summed E-state index contributed by atoms with van der Waals surface area (Å²) in [4.78, 5) is 17.2. The van der Waals surface area contributed by atoms with E-state index in [4.69, 9.17) is 21.1 Å². The van der Waals surface area contributed by atoms with Crippen LogP contribution in [0, 0.1) is 0 Å². The van der Waals surface area contributed by atoms with E-state index in [2.05, 4.69) is 4.98 Å². The average molecular weight is 468 g/mol. The maximum atomic E-state index is 12.8. The molecule has 1 fully saturated rings. The van der Waals surface area contributed by atoms with Crippen molar-refractivity contribution in [3.8, 4) is 0 Å². The SMILES string of the molecule is O=C(/C=C/c1c(Cl)nc2sccn12)OCc1cccc(S(=O)(=O)N2CCOCC2)c1. The Morgan fingerprint density at radius 3 is 2.93 bits per heavy atom. The van der Waals surface area contributed by atoms with Crippen LogP contribution in [0.5, 0.6) is 0 Å². The minimum absolute atomic E-state index is 0.0519. The van der Waals surface area contributed by atoms with E-state index in [1.807, 2.05) is 11.6 Å². The lowest BCUT2D eigenvalue weighted by atomic mass is 10.2. The molecule has 0 N–H and O–H groups in total. The molecule has 0 aliphatic carbocycles. The summed E-state index contributed by atoms with van der Waals surface area (Å²) in [6, 6.07) is 6.39. The van der Waals surface area contributed by atoms with E-state index in [1.54, 1.807) is 16.5 Å². The summed E-state index contributed by atoms with van der Waals surface area (Å²) < 4.78 is 39.1. The largest absolute Gasteiger partial charge is 0.458 e. The standard InChI is InChI=1S/C19H18ClN3O5S2/c20-18-16(23-8-11-29-19(23)21-18)4-5-17(24)28-13-14-2-1-3-15(12-14)30(25,26)22-6-9-27-10-7-22/h1-5,8,11-12H,6-7,9-10,13H2/b5-4+. The van der Waals surface area contributed by atoms with Crippen molar-refractivity contribution in [2.75, 3.05) is 26.3 Å². The van der Waals surface area contributed by atoms with Crippen LogP contribution in [0.2, 0.25) is 5.15 Å². The van der Waals surface area contributed by atoms with Gasteiger partial charge in [0.2, 0.25) is 10.0 Å². The maximum absolute atomic E-state index is 12.8. The van der Waals surface area contributed by atoms with Gasteiger partial charge >= 0.3 is 5.97 Å². The van der Waals surface area contributed by atoms with E-state index in [1.165, 1.54) is 39.9 Å². The highest BCUT2D eigenvalue weighted by Crippen LogP contribution is 2.22. The van der Waals surface area contributed by atoms with Crippen molar-refractivity contribution in [3.05, 3.63) is 58.3 Å². The van der Waals surface area contributed by atoms with Gasteiger partial charge in [0.15, 0.2) is 10.1 Å². The summed E-state index contributed by atoms with van der Waals surface area (Å²) in [5.74, 6) is -0.572. The summed E-state index contributed by atoms with van der Waals surface area (Å²) in [5, 5.41) is 2.17. The number of nitrogens with zero attached hydrogens (tertiary/aromatic N) is 3. The lowest BCUT2D eigenvalue weighted by Crippen LogP contribution is -2.40. The van der Waals surface area contributed by atoms with Crippen molar-refractivity contribution in [1.82, 2.24) is 13.7 Å². The molecule has 11 heteroatoms. The molecule has 1 aromatic carbocycles. The fourth-order valence-corrected chi connectivity index (χ4v) is 5.49. The van der Waals surface area contributed by atoms with Crippen LogP contribution in [0.4, 0.5) is 0 Å². The second-order valence-corrected chi connectivity index (χ2v) is 9.62. The molecular weight excluding hydrogens is 450 g/mol. The summed E-state index contributed by atoms with van der Waals surface area (Å²) >= 11 is 7.53. The minimum Gasteiger partial charge on any atom is -0.458 e. The lowest BCUT2D eigenvalue weighted by Gasteiger charge is -2.26. The molecule has 8 nitrogen and oxygen atoms in total. The van der Waals surface area contributed by atoms with Gasteiger partial charge in [0.1, 0.15) is 6.61 Å². The van der Waals surface area contributed by atoms with Gasteiger partial charge in [-0.2, -0.15) is 4.31 Å². The normalized spacial score (nSPS) is 15.8. The monoisotopic (exact) mass is 467 g/mol. The summed E-state index contributed by atoms with van der Waals surface area (Å²) in [7, 11) is -3.61. The molecule has 158 valence electrons. The molecule has 0 unspecified atom stereocenters. The molecule has 3 aromatic rings. The summed E-state index contributed by atoms with van der Waals surface area (Å²) in [6.07, 6.45) is 4.61. The molecule has 0 spiro atoms. The molecule has 0 bridgehead atoms. The smallest absolute Gasteiger partial charge is 0.331 e. The first-order valence-corrected chi connectivity index (χ1v) is 11.8. The molecule has 1 saturated heterocycles. The van der Waals surface area contributed by atoms with Gasteiger partial charge in [-0.15, -0.1) is 11.3 Å². The predicted molar refractivity (Wildman–Crippen MR) is 113 cm³/mol. The average Bonchev–Trinajstić information content (AvgIpc) is 3.32. The number of ether oxygens (including phenoxy) is 2. The first-order chi connectivity index (χ1) is 14.4. The van der Waals surface area contributed by atoms with Gasteiger partial charge in [-0.05, 0) is 23.8 Å². The van der Waals surface area contributed by atoms with Crippen molar-refractivity contribution < 1.29 is 22.7 Å². The number of aromatic nitrogens is 2. The van der Waals surface area contributed by atoms with E-state index in [-0.39, 0.29) is 11.5 Å². The van der Waals surface area contributed by atoms with Gasteiger partial charge in [0.25, 0.3) is 0 Å². The van der Waals surface area contributed by atoms with Crippen molar-refractivity contribution in [2.45, 2.75) is 11.5 Å². The van der Waals surface area contributed by atoms with E-state index in [9.17, 15) is 13.2 Å². The van der Waals surface area contributed by atoms with E-state index >= 15 is 0 Å². The molecule has 1 aliphatic heterocycles. The third-order valence-electron chi connectivity index (χ3n) is 4.52. The second-order valence-electron chi connectivity index (χ2n) is 6.45. The summed E-state index contributed by atoms with van der Waals surface area (Å²) in [5.41, 5.74) is 1.16. The Hall–Kier alpha value is -2.24. The van der Waals surface area contributed by atoms with Gasteiger partial charge < -0.3 is 9.47 Å². The number of esters is 1. The minimum atomic E-state index is -3.61. The quantitative estimate of drug-likeness (QED) is 0.409. The number of thiazole rings is 1. The Labute approximate surface area is 182 Å². The van der Waals surface area contributed by atoms with Gasteiger partial charge in [-0.3, -0.25) is 4.40 Å². The first kappa shape index (κ1) is 21.0. The van der Waals surface area contributed by atoms with Crippen molar-refractivity contribution >= 4 is 50.0 Å². The Bertz CT molecular complexity index is 1200. The van der Waals surface area contributed by atoms with Crippen molar-refractivity contribution in [1.29, 1.82) is 0 Å². The van der Waals surface area contributed by atoms with E-state index < -0.39 is 16.0 Å². The fourth-order valence-electron chi connectivity index (χ4n) is 3.01. The maximum Gasteiger partial charge on any atom is 0.331 e. The number of hydrogen-bond acceptors (Lipinski definition) is 7. The molecular formula is C19H18ClN3O5S2. The Kier molecular flexibility index (Phi) is 6.21. The number of sulfonamides is 1. The third-order valence-corrected chi connectivity index (χ3v) is 7.45. The third kappa shape index (κ3) is 4.42. The summed E-state index contributed by atoms with van der Waals surface area (Å²) in [6.45, 7) is 1.34. The number of carbonyl (C=O) groups is 1. The Morgan fingerprint density at radius 2 is 2.13 bits per heavy atom. The van der Waals surface area contributed by atoms with Crippen LogP contribution in [-0.2, 0) is 30.9 Å². The van der Waals surface area contributed by atoms with Crippen LogP contribution in [0.15, 0.2) is 46.8 Å². The molecule has 0 atom stereocenters. The van der Waals surface area contributed by atoms with Crippen LogP contribution in [0.25, 0.3) is 11.0 Å². The molecule has 30 heavy (non-hydrogen) atoms. The van der Waals surface area contributed by atoms with Crippen molar-refractivity contribution in [2.24, 2.45) is 0 Å².